The number of hydrogen-bond acceptors (Lipinski definition) is 4. The molecule has 0 saturated heterocycles. The van der Waals surface area contributed by atoms with E-state index in [9.17, 15) is 0 Å². The van der Waals surface area contributed by atoms with Crippen LogP contribution in [0, 0.1) is 32.6 Å². The van der Waals surface area contributed by atoms with Gasteiger partial charge in [0.1, 0.15) is 5.82 Å². The van der Waals surface area contributed by atoms with Crippen molar-refractivity contribution in [3.8, 4) is 28.7 Å². The van der Waals surface area contributed by atoms with Gasteiger partial charge in [-0.3, -0.25) is 0 Å². The molecule has 0 bridgehead atoms. The van der Waals surface area contributed by atoms with E-state index >= 15 is 0 Å². The first-order chi connectivity index (χ1) is 24.4. The fourth-order valence-electron chi connectivity index (χ4n) is 7.08. The zero-order valence-corrected chi connectivity index (χ0v) is 30.9. The van der Waals surface area contributed by atoms with Gasteiger partial charge in [0, 0.05) is 61.2 Å². The van der Waals surface area contributed by atoms with E-state index < -0.39 is 0 Å². The van der Waals surface area contributed by atoms with Crippen LogP contribution in [0.5, 0.6) is 11.5 Å². The normalized spacial score (nSPS) is 12.3. The summed E-state index contributed by atoms with van der Waals surface area (Å²) in [7, 11) is 0. The Hall–Kier alpha value is -5.58. The predicted octanol–water partition coefficient (Wildman–Crippen LogP) is 10.5. The molecule has 7 heteroatoms. The van der Waals surface area contributed by atoms with Crippen molar-refractivity contribution in [3.05, 3.63) is 169 Å². The molecule has 3 aromatic heterocycles. The van der Waals surface area contributed by atoms with Crippen LogP contribution in [0.3, 0.4) is 0 Å². The third kappa shape index (κ3) is 5.42. The number of benzene rings is 5. The van der Waals surface area contributed by atoms with E-state index in [1.807, 2.05) is 37.4 Å². The van der Waals surface area contributed by atoms with Crippen LogP contribution in [0.25, 0.3) is 39.0 Å². The number of imidazole rings is 1. The second-order valence-electron chi connectivity index (χ2n) is 13.3. The standard InChI is InChI=1S/C44H34N5O.Pt/c1-29-30(2)47-28-48(39-19-10-9-18-38(39)43(47)46-29)33-15-12-16-34(26-33)50-35-21-22-37-36-17-8-11-20-40(36)49(41(37)27-35)42-25-32(23-24-45-42)44(3,4)31-13-6-5-7-14-31;/h5-25,28H,1-4H3;/q-3;. The Morgan fingerprint density at radius 3 is 2.35 bits per heavy atom. The van der Waals surface area contributed by atoms with Gasteiger partial charge in [-0.25, -0.2) is 4.98 Å². The van der Waals surface area contributed by atoms with Crippen LogP contribution in [0.1, 0.15) is 36.4 Å². The minimum Gasteiger partial charge on any atom is -0.509 e. The average Bonchev–Trinajstić information content (AvgIpc) is 3.64. The van der Waals surface area contributed by atoms with Crippen LogP contribution in [0.2, 0.25) is 0 Å². The van der Waals surface area contributed by atoms with E-state index in [-0.39, 0.29) is 26.5 Å². The van der Waals surface area contributed by atoms with Crippen LogP contribution in [-0.2, 0) is 26.5 Å². The summed E-state index contributed by atoms with van der Waals surface area (Å²) in [6.07, 6.45) is 1.90. The average molecular weight is 844 g/mol. The van der Waals surface area contributed by atoms with Gasteiger partial charge in [-0.05, 0) is 65.6 Å². The zero-order valence-electron chi connectivity index (χ0n) is 28.7. The third-order valence-corrected chi connectivity index (χ3v) is 10.0. The molecule has 5 aromatic carbocycles. The summed E-state index contributed by atoms with van der Waals surface area (Å²) in [6.45, 7) is 10.7. The predicted molar refractivity (Wildman–Crippen MR) is 200 cm³/mol. The van der Waals surface area contributed by atoms with Crippen molar-refractivity contribution < 1.29 is 25.8 Å². The van der Waals surface area contributed by atoms with Crippen LogP contribution in [0.15, 0.2) is 128 Å². The van der Waals surface area contributed by atoms with Crippen LogP contribution < -0.4 is 9.64 Å². The van der Waals surface area contributed by atoms with E-state index in [0.717, 1.165) is 61.8 Å². The molecule has 51 heavy (non-hydrogen) atoms. The number of ether oxygens (including phenoxy) is 1. The molecule has 0 unspecified atom stereocenters. The first-order valence-electron chi connectivity index (χ1n) is 16.8. The van der Waals surface area contributed by atoms with Crippen LogP contribution in [0.4, 0.5) is 11.4 Å². The molecule has 0 atom stereocenters. The van der Waals surface area contributed by atoms with Gasteiger partial charge in [0.05, 0.1) is 0 Å². The molecule has 1 aliphatic rings. The van der Waals surface area contributed by atoms with Gasteiger partial charge in [-0.1, -0.05) is 104 Å². The van der Waals surface area contributed by atoms with Crippen molar-refractivity contribution >= 4 is 33.2 Å². The van der Waals surface area contributed by atoms with E-state index in [1.165, 1.54) is 11.1 Å². The molecule has 8 aromatic rings. The van der Waals surface area contributed by atoms with Gasteiger partial charge in [0.2, 0.25) is 0 Å². The summed E-state index contributed by atoms with van der Waals surface area (Å²) in [6, 6.07) is 48.9. The van der Waals surface area contributed by atoms with E-state index in [2.05, 4.69) is 151 Å². The Morgan fingerprint density at radius 1 is 0.725 bits per heavy atom. The number of aromatic nitrogens is 4. The fourth-order valence-corrected chi connectivity index (χ4v) is 7.08. The van der Waals surface area contributed by atoms with Crippen molar-refractivity contribution in [3.63, 3.8) is 0 Å². The monoisotopic (exact) mass is 843 g/mol. The number of fused-ring (bicyclic) bond motifs is 6. The van der Waals surface area contributed by atoms with Crippen LogP contribution in [-0.4, -0.2) is 19.1 Å². The Bertz CT molecular complexity index is 2570. The fraction of sp³-hybridized carbons (Fsp3) is 0.114. The number of aryl methyl sites for hydroxylation is 1. The van der Waals surface area contributed by atoms with Gasteiger partial charge in [0.15, 0.2) is 0 Å². The molecular weight excluding hydrogens is 810 g/mol. The Kier molecular flexibility index (Phi) is 8.08. The summed E-state index contributed by atoms with van der Waals surface area (Å²) in [5, 5.41) is 2.22. The topological polar surface area (TPSA) is 48.1 Å². The second kappa shape index (κ2) is 12.6. The number of para-hydroxylation sites is 2. The molecule has 0 fully saturated rings. The molecule has 0 saturated carbocycles. The Labute approximate surface area is 312 Å². The maximum Gasteiger partial charge on any atom is 0.135 e. The number of pyridine rings is 1. The first-order valence-corrected chi connectivity index (χ1v) is 16.8. The van der Waals surface area contributed by atoms with Crippen molar-refractivity contribution in [2.24, 2.45) is 0 Å². The second-order valence-corrected chi connectivity index (χ2v) is 13.3. The zero-order chi connectivity index (χ0) is 34.0. The molecule has 0 radical (unpaired) electrons. The largest absolute Gasteiger partial charge is 0.509 e. The number of rotatable bonds is 6. The Morgan fingerprint density at radius 2 is 1.49 bits per heavy atom. The molecule has 254 valence electrons. The minimum absolute atomic E-state index is 0. The number of hydrogen-bond donors (Lipinski definition) is 0. The molecule has 0 aliphatic carbocycles. The number of nitrogens with zero attached hydrogens (tertiary/aromatic N) is 5. The molecule has 1 aliphatic heterocycles. The summed E-state index contributed by atoms with van der Waals surface area (Å²) in [5.74, 6) is 2.98. The summed E-state index contributed by atoms with van der Waals surface area (Å²) >= 11 is 0. The quantitative estimate of drug-likeness (QED) is 0.157. The SMILES string of the molecule is Cc1nc2n(c1C)[CH-]N(c1[c-]c(Oc3[c-]c4c(cc3)c3ccccc3n4-c3cc(C(C)(C)c4ccccc4)ccn3)ccc1)c1ccccc1-2.[Pt]. The first kappa shape index (κ1) is 32.6. The van der Waals surface area contributed by atoms with Crippen molar-refractivity contribution in [1.29, 1.82) is 0 Å². The minimum atomic E-state index is -0.209. The molecule has 0 spiro atoms. The van der Waals surface area contributed by atoms with Gasteiger partial charge in [-0.15, -0.1) is 35.7 Å². The third-order valence-electron chi connectivity index (χ3n) is 10.0. The van der Waals surface area contributed by atoms with Gasteiger partial charge >= 0.3 is 0 Å². The molecule has 4 heterocycles. The Balaban J connectivity index is 0.00000374. The molecule has 9 rings (SSSR count). The van der Waals surface area contributed by atoms with E-state index in [4.69, 9.17) is 14.7 Å². The van der Waals surface area contributed by atoms with Crippen molar-refractivity contribution in [2.45, 2.75) is 33.1 Å². The smallest absolute Gasteiger partial charge is 0.135 e. The van der Waals surface area contributed by atoms with Gasteiger partial charge in [0.25, 0.3) is 0 Å². The summed E-state index contributed by atoms with van der Waals surface area (Å²) < 4.78 is 10.9. The van der Waals surface area contributed by atoms with E-state index in [1.54, 1.807) is 0 Å². The van der Waals surface area contributed by atoms with Crippen LogP contribution >= 0.6 is 0 Å². The molecule has 0 N–H and O–H groups in total. The van der Waals surface area contributed by atoms with E-state index in [0.29, 0.717) is 11.5 Å². The van der Waals surface area contributed by atoms with Gasteiger partial charge < -0.3 is 23.8 Å². The summed E-state index contributed by atoms with van der Waals surface area (Å²) in [4.78, 5) is 11.9. The van der Waals surface area contributed by atoms with Gasteiger partial charge in [-0.2, -0.15) is 12.1 Å². The van der Waals surface area contributed by atoms with Crippen molar-refractivity contribution in [2.75, 3.05) is 4.90 Å². The molecular formula is C44H34N5OPt-3. The number of anilines is 2. The van der Waals surface area contributed by atoms with Crippen molar-refractivity contribution in [1.82, 2.24) is 19.1 Å². The summed E-state index contributed by atoms with van der Waals surface area (Å²) in [5.41, 5.74) is 9.29. The molecule has 0 amide bonds. The molecule has 6 nitrogen and oxygen atoms in total. The maximum atomic E-state index is 6.52. The maximum absolute atomic E-state index is 6.52.